The molecule has 0 aliphatic carbocycles. The highest BCUT2D eigenvalue weighted by Gasteiger charge is 2.42. The predicted molar refractivity (Wildman–Crippen MR) is 65.1 cm³/mol. The third-order valence-electron chi connectivity index (χ3n) is 3.47. The Bertz CT molecular complexity index is 191. The zero-order valence-electron chi connectivity index (χ0n) is 11.0. The minimum absolute atomic E-state index is 0.317. The molecule has 1 saturated heterocycles. The van der Waals surface area contributed by atoms with Crippen LogP contribution in [0.5, 0.6) is 0 Å². The van der Waals surface area contributed by atoms with Crippen LogP contribution in [0.2, 0.25) is 0 Å². The van der Waals surface area contributed by atoms with Crippen LogP contribution < -0.4 is 0 Å². The van der Waals surface area contributed by atoms with Gasteiger partial charge in [0.2, 0.25) is 0 Å². The molecule has 1 atom stereocenters. The molecule has 1 fully saturated rings. The average Bonchev–Trinajstić information content (AvgIpc) is 2.47. The van der Waals surface area contributed by atoms with E-state index >= 15 is 0 Å². The normalized spacial score (nSPS) is 28.2. The van der Waals surface area contributed by atoms with Crippen molar-refractivity contribution in [3.8, 4) is 0 Å². The van der Waals surface area contributed by atoms with Crippen LogP contribution in [0.1, 0.15) is 47.0 Å². The van der Waals surface area contributed by atoms with Crippen LogP contribution in [0.15, 0.2) is 0 Å². The molecule has 2 nitrogen and oxygen atoms in total. The third kappa shape index (κ3) is 2.94. The van der Waals surface area contributed by atoms with Gasteiger partial charge >= 0.3 is 0 Å². The lowest BCUT2D eigenvalue weighted by atomic mass is 9.86. The van der Waals surface area contributed by atoms with Crippen molar-refractivity contribution in [3.05, 3.63) is 0 Å². The van der Waals surface area contributed by atoms with Gasteiger partial charge in [0.25, 0.3) is 0 Å². The summed E-state index contributed by atoms with van der Waals surface area (Å²) in [7, 11) is 1.83. The van der Waals surface area contributed by atoms with Crippen LogP contribution in [-0.2, 0) is 4.74 Å². The fraction of sp³-hybridized carbons (Fsp3) is 1.00. The Hall–Kier alpha value is -0.0800. The third-order valence-corrected chi connectivity index (χ3v) is 3.47. The van der Waals surface area contributed by atoms with E-state index in [1.165, 1.54) is 25.8 Å². The van der Waals surface area contributed by atoms with Crippen molar-refractivity contribution < 1.29 is 4.74 Å². The number of methoxy groups -OCH3 is 1. The summed E-state index contributed by atoms with van der Waals surface area (Å²) >= 11 is 0. The van der Waals surface area contributed by atoms with Gasteiger partial charge < -0.3 is 4.74 Å². The Balaban J connectivity index is 2.77. The molecular weight excluding hydrogens is 186 g/mol. The smallest absolute Gasteiger partial charge is 0.0646 e. The highest BCUT2D eigenvalue weighted by atomic mass is 16.5. The Morgan fingerprint density at radius 2 is 1.93 bits per heavy atom. The first-order chi connectivity index (χ1) is 7.02. The second-order valence-electron chi connectivity index (χ2n) is 5.65. The van der Waals surface area contributed by atoms with Crippen LogP contribution in [0.3, 0.4) is 0 Å². The maximum Gasteiger partial charge on any atom is 0.0646 e. The molecule has 0 radical (unpaired) electrons. The Morgan fingerprint density at radius 3 is 2.40 bits per heavy atom. The summed E-state index contributed by atoms with van der Waals surface area (Å²) in [6.45, 7) is 11.4. The second-order valence-corrected chi connectivity index (χ2v) is 5.65. The van der Waals surface area contributed by atoms with Gasteiger partial charge in [0, 0.05) is 18.7 Å². The quantitative estimate of drug-likeness (QED) is 0.696. The summed E-state index contributed by atoms with van der Waals surface area (Å²) in [5.41, 5.74) is 0.317. The molecular formula is C13H27NO. The highest BCUT2D eigenvalue weighted by Crippen LogP contribution is 2.36. The molecule has 1 aliphatic heterocycles. The first-order valence-corrected chi connectivity index (χ1v) is 6.27. The topological polar surface area (TPSA) is 12.5 Å². The van der Waals surface area contributed by atoms with Gasteiger partial charge in [-0.25, -0.2) is 0 Å². The van der Waals surface area contributed by atoms with Gasteiger partial charge in [-0.15, -0.1) is 0 Å². The van der Waals surface area contributed by atoms with E-state index in [2.05, 4.69) is 32.6 Å². The maximum atomic E-state index is 5.47. The van der Waals surface area contributed by atoms with Gasteiger partial charge in [0.05, 0.1) is 6.61 Å². The summed E-state index contributed by atoms with van der Waals surface area (Å²) in [4.78, 5) is 2.65. The van der Waals surface area contributed by atoms with Crippen molar-refractivity contribution in [2.24, 2.45) is 5.92 Å². The predicted octanol–water partition coefficient (Wildman–Crippen LogP) is 2.92. The molecule has 0 saturated carbocycles. The Kier molecular flexibility index (Phi) is 4.60. The van der Waals surface area contributed by atoms with Gasteiger partial charge in [-0.2, -0.15) is 0 Å². The lowest BCUT2D eigenvalue weighted by Crippen LogP contribution is -2.51. The SMILES string of the molecule is COCC1(CC(C)C)CCCN1C(C)C. The molecule has 2 heteroatoms. The minimum atomic E-state index is 0.317. The number of rotatable bonds is 5. The molecule has 1 rings (SSSR count). The van der Waals surface area contributed by atoms with E-state index in [1.807, 2.05) is 7.11 Å². The first kappa shape index (κ1) is 13.0. The van der Waals surface area contributed by atoms with E-state index in [4.69, 9.17) is 4.74 Å². The van der Waals surface area contributed by atoms with Crippen molar-refractivity contribution in [2.75, 3.05) is 20.3 Å². The summed E-state index contributed by atoms with van der Waals surface area (Å²) in [6, 6.07) is 0.640. The molecule has 1 unspecified atom stereocenters. The zero-order valence-corrected chi connectivity index (χ0v) is 11.0. The van der Waals surface area contributed by atoms with Gasteiger partial charge in [-0.3, -0.25) is 4.90 Å². The van der Waals surface area contributed by atoms with Crippen molar-refractivity contribution in [1.82, 2.24) is 4.90 Å². The lowest BCUT2D eigenvalue weighted by Gasteiger charge is -2.42. The molecule has 0 aromatic carbocycles. The number of likely N-dealkylation sites (tertiary alicyclic amines) is 1. The number of nitrogens with zero attached hydrogens (tertiary/aromatic N) is 1. The van der Waals surface area contributed by atoms with Crippen LogP contribution >= 0.6 is 0 Å². The van der Waals surface area contributed by atoms with Crippen molar-refractivity contribution in [3.63, 3.8) is 0 Å². The standard InChI is InChI=1S/C13H27NO/c1-11(2)9-13(10-15-5)7-6-8-14(13)12(3)4/h11-12H,6-10H2,1-5H3. The summed E-state index contributed by atoms with van der Waals surface area (Å²) in [5.74, 6) is 0.750. The molecule has 90 valence electrons. The molecule has 0 spiro atoms. The molecule has 0 aromatic heterocycles. The van der Waals surface area contributed by atoms with E-state index in [-0.39, 0.29) is 0 Å². The first-order valence-electron chi connectivity index (χ1n) is 6.27. The van der Waals surface area contributed by atoms with Gasteiger partial charge in [0.15, 0.2) is 0 Å². The van der Waals surface area contributed by atoms with E-state index in [0.29, 0.717) is 11.6 Å². The molecule has 15 heavy (non-hydrogen) atoms. The molecule has 1 aliphatic rings. The molecule has 1 heterocycles. The molecule has 0 aromatic rings. The number of hydrogen-bond acceptors (Lipinski definition) is 2. The Labute approximate surface area is 95.0 Å². The molecule has 0 amide bonds. The van der Waals surface area contributed by atoms with E-state index < -0.39 is 0 Å². The van der Waals surface area contributed by atoms with Gasteiger partial charge in [-0.05, 0) is 45.6 Å². The summed E-state index contributed by atoms with van der Waals surface area (Å²) < 4.78 is 5.47. The maximum absolute atomic E-state index is 5.47. The monoisotopic (exact) mass is 213 g/mol. The highest BCUT2D eigenvalue weighted by molar-refractivity contribution is 4.97. The van der Waals surface area contributed by atoms with Crippen LogP contribution in [-0.4, -0.2) is 36.7 Å². The zero-order chi connectivity index (χ0) is 11.5. The van der Waals surface area contributed by atoms with Crippen molar-refractivity contribution in [1.29, 1.82) is 0 Å². The summed E-state index contributed by atoms with van der Waals surface area (Å²) in [5, 5.41) is 0. The minimum Gasteiger partial charge on any atom is -0.383 e. The largest absolute Gasteiger partial charge is 0.383 e. The van der Waals surface area contributed by atoms with E-state index in [9.17, 15) is 0 Å². The van der Waals surface area contributed by atoms with Crippen LogP contribution in [0.4, 0.5) is 0 Å². The van der Waals surface area contributed by atoms with E-state index in [0.717, 1.165) is 12.5 Å². The van der Waals surface area contributed by atoms with Gasteiger partial charge in [-0.1, -0.05) is 13.8 Å². The second kappa shape index (κ2) is 5.31. The lowest BCUT2D eigenvalue weighted by molar-refractivity contribution is 0.00676. The van der Waals surface area contributed by atoms with Gasteiger partial charge in [0.1, 0.15) is 0 Å². The average molecular weight is 213 g/mol. The Morgan fingerprint density at radius 1 is 1.27 bits per heavy atom. The summed E-state index contributed by atoms with van der Waals surface area (Å²) in [6.07, 6.45) is 3.89. The molecule has 0 bridgehead atoms. The van der Waals surface area contributed by atoms with Crippen LogP contribution in [0, 0.1) is 5.92 Å². The number of ether oxygens (including phenoxy) is 1. The number of hydrogen-bond donors (Lipinski definition) is 0. The van der Waals surface area contributed by atoms with Crippen LogP contribution in [0.25, 0.3) is 0 Å². The van der Waals surface area contributed by atoms with E-state index in [1.54, 1.807) is 0 Å². The van der Waals surface area contributed by atoms with Crippen molar-refractivity contribution in [2.45, 2.75) is 58.5 Å². The fourth-order valence-electron chi connectivity index (χ4n) is 3.23. The molecule has 0 N–H and O–H groups in total. The fourth-order valence-corrected chi connectivity index (χ4v) is 3.23. The van der Waals surface area contributed by atoms with Crippen molar-refractivity contribution >= 4 is 0 Å².